The molecule has 0 aliphatic heterocycles. The number of rotatable bonds is 9. The lowest BCUT2D eigenvalue weighted by Gasteiger charge is -2.19. The number of hydrogen-bond donors (Lipinski definition) is 1. The number of likely N-dealkylation sites (N-methyl/N-ethyl adjacent to an activating group) is 1. The fraction of sp³-hybridized carbons (Fsp3) is 0.348. The Balaban J connectivity index is 1.46. The molecule has 2 heterocycles. The van der Waals surface area contributed by atoms with Crippen LogP contribution in [0.25, 0.3) is 21.3 Å². The number of carbonyl (C=O) groups excluding carboxylic acids is 1. The van der Waals surface area contributed by atoms with Gasteiger partial charge < -0.3 is 9.47 Å². The molecule has 0 atom stereocenters. The van der Waals surface area contributed by atoms with E-state index in [9.17, 15) is 4.79 Å². The van der Waals surface area contributed by atoms with E-state index in [0.717, 1.165) is 52.4 Å². The average molecular weight is 422 g/mol. The normalized spacial score (nSPS) is 11.6. The molecule has 4 rings (SSSR count). The summed E-state index contributed by atoms with van der Waals surface area (Å²) in [6, 6.07) is 16.1. The minimum absolute atomic E-state index is 0.0337. The van der Waals surface area contributed by atoms with E-state index in [-0.39, 0.29) is 5.91 Å². The summed E-state index contributed by atoms with van der Waals surface area (Å²) in [6.07, 6.45) is 1.02. The van der Waals surface area contributed by atoms with Gasteiger partial charge >= 0.3 is 0 Å². The van der Waals surface area contributed by atoms with Gasteiger partial charge in [-0.15, -0.1) is 11.3 Å². The lowest BCUT2D eigenvalue weighted by atomic mass is 10.3. The van der Waals surface area contributed by atoms with Crippen molar-refractivity contribution in [2.75, 3.05) is 25.0 Å². The Morgan fingerprint density at radius 1 is 1.03 bits per heavy atom. The highest BCUT2D eigenvalue weighted by Gasteiger charge is 2.14. The van der Waals surface area contributed by atoms with Crippen molar-refractivity contribution < 1.29 is 4.79 Å². The topological polar surface area (TPSA) is 63.0 Å². The van der Waals surface area contributed by atoms with Crippen molar-refractivity contribution in [2.24, 2.45) is 0 Å². The number of hydrogen-bond acceptors (Lipinski definition) is 5. The minimum atomic E-state index is -0.0337. The highest BCUT2D eigenvalue weighted by Crippen LogP contribution is 2.23. The van der Waals surface area contributed by atoms with Crippen LogP contribution in [0.5, 0.6) is 0 Å². The molecule has 1 amide bonds. The molecule has 0 radical (unpaired) electrons. The number of imidazole rings is 1. The maximum Gasteiger partial charge on any atom is 0.227 e. The molecular weight excluding hydrogens is 394 g/mol. The summed E-state index contributed by atoms with van der Waals surface area (Å²) in [4.78, 5) is 24.3. The first-order valence-corrected chi connectivity index (χ1v) is 11.3. The number of carbonyl (C=O) groups is 1. The number of fused-ring (bicyclic) bond motifs is 2. The Labute approximate surface area is 180 Å². The Bertz CT molecular complexity index is 1110. The van der Waals surface area contributed by atoms with Crippen LogP contribution in [0, 0.1) is 0 Å². The first kappa shape index (κ1) is 20.5. The molecule has 0 unspecified atom stereocenters. The summed E-state index contributed by atoms with van der Waals surface area (Å²) >= 11 is 1.65. The van der Waals surface area contributed by atoms with E-state index in [0.29, 0.717) is 18.8 Å². The monoisotopic (exact) mass is 421 g/mol. The SMILES string of the molecule is CCN(CC)CCn1c(NC(=O)CCc2nc3ccccc3s2)nc2ccccc21. The molecule has 0 saturated heterocycles. The molecule has 4 aromatic rings. The number of nitrogens with one attached hydrogen (secondary N) is 1. The smallest absolute Gasteiger partial charge is 0.227 e. The second-order valence-electron chi connectivity index (χ2n) is 7.23. The largest absolute Gasteiger partial charge is 0.309 e. The summed E-state index contributed by atoms with van der Waals surface area (Å²) in [5.74, 6) is 0.589. The molecule has 0 aliphatic rings. The third-order valence-electron chi connectivity index (χ3n) is 5.34. The number of amides is 1. The lowest BCUT2D eigenvalue weighted by Crippen LogP contribution is -2.27. The molecule has 156 valence electrons. The summed E-state index contributed by atoms with van der Waals surface area (Å²) in [7, 11) is 0. The average Bonchev–Trinajstić information content (AvgIpc) is 3.34. The maximum atomic E-state index is 12.7. The van der Waals surface area contributed by atoms with Gasteiger partial charge in [-0.1, -0.05) is 38.1 Å². The van der Waals surface area contributed by atoms with Crippen molar-refractivity contribution in [3.05, 3.63) is 53.5 Å². The summed E-state index contributed by atoms with van der Waals surface area (Å²) in [5, 5.41) is 4.02. The van der Waals surface area contributed by atoms with Crippen LogP contribution in [0.2, 0.25) is 0 Å². The molecule has 0 saturated carbocycles. The van der Waals surface area contributed by atoms with E-state index in [1.165, 1.54) is 0 Å². The predicted octanol–water partition coefficient (Wildman–Crippen LogP) is 4.56. The van der Waals surface area contributed by atoms with Crippen molar-refractivity contribution in [2.45, 2.75) is 33.2 Å². The van der Waals surface area contributed by atoms with Crippen LogP contribution in [0.3, 0.4) is 0 Å². The highest BCUT2D eigenvalue weighted by molar-refractivity contribution is 7.18. The van der Waals surface area contributed by atoms with Crippen LogP contribution >= 0.6 is 11.3 Å². The van der Waals surface area contributed by atoms with Crippen LogP contribution in [-0.2, 0) is 17.8 Å². The number of aromatic nitrogens is 3. The summed E-state index contributed by atoms with van der Waals surface area (Å²) < 4.78 is 3.27. The van der Waals surface area contributed by atoms with Crippen molar-refractivity contribution in [1.82, 2.24) is 19.4 Å². The Morgan fingerprint density at radius 3 is 2.53 bits per heavy atom. The molecule has 2 aromatic heterocycles. The van der Waals surface area contributed by atoms with Gasteiger partial charge in [0, 0.05) is 25.9 Å². The number of benzene rings is 2. The fourth-order valence-corrected chi connectivity index (χ4v) is 4.58. The van der Waals surface area contributed by atoms with E-state index in [4.69, 9.17) is 0 Å². The first-order chi connectivity index (χ1) is 14.7. The molecule has 1 N–H and O–H groups in total. The third-order valence-corrected chi connectivity index (χ3v) is 6.44. The Hall–Kier alpha value is -2.77. The Morgan fingerprint density at radius 2 is 1.77 bits per heavy atom. The van der Waals surface area contributed by atoms with E-state index in [2.05, 4.69) is 50.7 Å². The molecule has 7 heteroatoms. The van der Waals surface area contributed by atoms with Gasteiger partial charge in [0.25, 0.3) is 0 Å². The molecule has 0 spiro atoms. The van der Waals surface area contributed by atoms with Gasteiger partial charge in [-0.25, -0.2) is 9.97 Å². The van der Waals surface area contributed by atoms with Crippen LogP contribution < -0.4 is 5.32 Å². The zero-order valence-electron chi connectivity index (χ0n) is 17.5. The maximum absolute atomic E-state index is 12.7. The number of aryl methyl sites for hydroxylation is 1. The molecular formula is C23H27N5OS. The first-order valence-electron chi connectivity index (χ1n) is 10.5. The fourth-order valence-electron chi connectivity index (χ4n) is 3.61. The van der Waals surface area contributed by atoms with Gasteiger partial charge in [-0.2, -0.15) is 0 Å². The van der Waals surface area contributed by atoms with Crippen LogP contribution in [0.4, 0.5) is 5.95 Å². The molecule has 0 fully saturated rings. The van der Waals surface area contributed by atoms with Gasteiger partial charge in [0.1, 0.15) is 0 Å². The second kappa shape index (κ2) is 9.36. The van der Waals surface area contributed by atoms with Gasteiger partial charge in [-0.05, 0) is 37.4 Å². The van der Waals surface area contributed by atoms with E-state index in [1.54, 1.807) is 11.3 Å². The van der Waals surface area contributed by atoms with Gasteiger partial charge in [0.05, 0.1) is 26.3 Å². The van der Waals surface area contributed by atoms with Crippen LogP contribution in [0.1, 0.15) is 25.3 Å². The molecule has 0 aliphatic carbocycles. The standard InChI is InChI=1S/C23H27N5OS/c1-3-27(4-2)15-16-28-19-11-7-5-9-17(19)25-23(28)26-21(29)13-14-22-24-18-10-6-8-12-20(18)30-22/h5-12H,3-4,13-16H2,1-2H3,(H,25,26,29). The minimum Gasteiger partial charge on any atom is -0.309 e. The number of thiazole rings is 1. The van der Waals surface area contributed by atoms with E-state index < -0.39 is 0 Å². The zero-order valence-corrected chi connectivity index (χ0v) is 18.3. The number of nitrogens with zero attached hydrogens (tertiary/aromatic N) is 4. The van der Waals surface area contributed by atoms with Gasteiger partial charge in [0.2, 0.25) is 11.9 Å². The molecule has 6 nitrogen and oxygen atoms in total. The second-order valence-corrected chi connectivity index (χ2v) is 8.34. The van der Waals surface area contributed by atoms with Crippen molar-refractivity contribution in [1.29, 1.82) is 0 Å². The molecule has 0 bridgehead atoms. The zero-order chi connectivity index (χ0) is 20.9. The van der Waals surface area contributed by atoms with Crippen molar-refractivity contribution >= 4 is 44.4 Å². The van der Waals surface area contributed by atoms with E-state index >= 15 is 0 Å². The van der Waals surface area contributed by atoms with Gasteiger partial charge in [0.15, 0.2) is 0 Å². The predicted molar refractivity (Wildman–Crippen MR) is 124 cm³/mol. The quantitative estimate of drug-likeness (QED) is 0.430. The molecule has 2 aromatic carbocycles. The number of anilines is 1. The molecule has 30 heavy (non-hydrogen) atoms. The summed E-state index contributed by atoms with van der Waals surface area (Å²) in [5.41, 5.74) is 2.95. The summed E-state index contributed by atoms with van der Waals surface area (Å²) in [6.45, 7) is 8.05. The number of para-hydroxylation sites is 3. The third kappa shape index (κ3) is 4.52. The van der Waals surface area contributed by atoms with Gasteiger partial charge in [-0.3, -0.25) is 10.1 Å². The van der Waals surface area contributed by atoms with Crippen molar-refractivity contribution in [3.63, 3.8) is 0 Å². The van der Waals surface area contributed by atoms with Crippen LogP contribution in [-0.4, -0.2) is 45.0 Å². The lowest BCUT2D eigenvalue weighted by molar-refractivity contribution is -0.116. The Kier molecular flexibility index (Phi) is 6.40. The highest BCUT2D eigenvalue weighted by atomic mass is 32.1. The van der Waals surface area contributed by atoms with Crippen LogP contribution in [0.15, 0.2) is 48.5 Å². The van der Waals surface area contributed by atoms with E-state index in [1.807, 2.05) is 36.4 Å². The van der Waals surface area contributed by atoms with Crippen molar-refractivity contribution in [3.8, 4) is 0 Å².